The molecule has 3 nitrogen and oxygen atoms in total. The van der Waals surface area contributed by atoms with E-state index in [-0.39, 0.29) is 11.7 Å². The number of carbonyl (C=O) groups is 1. The molecule has 0 bridgehead atoms. The van der Waals surface area contributed by atoms with Crippen LogP contribution in [-0.4, -0.2) is 11.6 Å². The van der Waals surface area contributed by atoms with E-state index in [9.17, 15) is 9.18 Å². The molecule has 0 fully saturated rings. The number of hydrogen-bond donors (Lipinski definition) is 0. The second kappa shape index (κ2) is 5.32. The quantitative estimate of drug-likeness (QED) is 0.773. The van der Waals surface area contributed by atoms with E-state index in [1.165, 1.54) is 29.3 Å². The summed E-state index contributed by atoms with van der Waals surface area (Å²) in [6, 6.07) is 15.3. The van der Waals surface area contributed by atoms with Crippen molar-refractivity contribution < 1.29 is 9.18 Å². The average Bonchev–Trinajstić information content (AvgIpc) is 2.77. The molecule has 1 amide bonds. The van der Waals surface area contributed by atoms with Crippen LogP contribution in [0.1, 0.15) is 12.5 Å². The van der Waals surface area contributed by atoms with Crippen LogP contribution in [0.25, 0.3) is 6.08 Å². The van der Waals surface area contributed by atoms with Crippen LogP contribution in [0.4, 0.5) is 10.1 Å². The third-order valence-electron chi connectivity index (χ3n) is 3.24. The lowest BCUT2D eigenvalue weighted by atomic mass is 10.1. The number of halogens is 1. The Hall–Kier alpha value is -2.75. The molecule has 3 rings (SSSR count). The van der Waals surface area contributed by atoms with Crippen molar-refractivity contribution in [3.63, 3.8) is 0 Å². The van der Waals surface area contributed by atoms with Gasteiger partial charge >= 0.3 is 0 Å². The Morgan fingerprint density at radius 1 is 1.05 bits per heavy atom. The van der Waals surface area contributed by atoms with Gasteiger partial charge in [0.2, 0.25) is 0 Å². The molecule has 21 heavy (non-hydrogen) atoms. The van der Waals surface area contributed by atoms with E-state index >= 15 is 0 Å². The van der Waals surface area contributed by atoms with Crippen molar-refractivity contribution in [1.82, 2.24) is 0 Å². The second-order valence-corrected chi connectivity index (χ2v) is 4.75. The van der Waals surface area contributed by atoms with Crippen molar-refractivity contribution >= 4 is 23.4 Å². The minimum atomic E-state index is -0.342. The smallest absolute Gasteiger partial charge is 0.267 e. The first-order valence-corrected chi connectivity index (χ1v) is 6.57. The van der Waals surface area contributed by atoms with Crippen LogP contribution in [0.5, 0.6) is 0 Å². The Morgan fingerprint density at radius 2 is 1.71 bits per heavy atom. The van der Waals surface area contributed by atoms with Crippen LogP contribution in [0.3, 0.4) is 0 Å². The lowest BCUT2D eigenvalue weighted by Gasteiger charge is -2.11. The standard InChI is InChI=1S/C17H13FN2O/c1-12-16(11-13-5-3-2-4-6-13)17(21)20(19-12)15-9-7-14(18)8-10-15/h2-11H,1H3. The van der Waals surface area contributed by atoms with Gasteiger partial charge in [-0.05, 0) is 42.8 Å². The fourth-order valence-corrected chi connectivity index (χ4v) is 2.16. The van der Waals surface area contributed by atoms with Crippen LogP contribution in [-0.2, 0) is 4.79 Å². The van der Waals surface area contributed by atoms with E-state index in [4.69, 9.17) is 0 Å². The van der Waals surface area contributed by atoms with E-state index in [2.05, 4.69) is 5.10 Å². The molecule has 0 spiro atoms. The number of nitrogens with zero attached hydrogens (tertiary/aromatic N) is 2. The summed E-state index contributed by atoms with van der Waals surface area (Å²) in [5.41, 5.74) is 2.69. The third kappa shape index (κ3) is 2.60. The highest BCUT2D eigenvalue weighted by atomic mass is 19.1. The molecule has 0 N–H and O–H groups in total. The first kappa shape index (κ1) is 13.2. The summed E-state index contributed by atoms with van der Waals surface area (Å²) in [4.78, 5) is 12.5. The first-order chi connectivity index (χ1) is 10.1. The molecule has 104 valence electrons. The highest BCUT2D eigenvalue weighted by molar-refractivity contribution is 6.32. The average molecular weight is 280 g/mol. The first-order valence-electron chi connectivity index (χ1n) is 6.57. The van der Waals surface area contributed by atoms with Crippen LogP contribution >= 0.6 is 0 Å². The fourth-order valence-electron chi connectivity index (χ4n) is 2.16. The number of rotatable bonds is 2. The maximum absolute atomic E-state index is 13.0. The zero-order valence-electron chi connectivity index (χ0n) is 11.5. The molecule has 1 aliphatic heterocycles. The minimum Gasteiger partial charge on any atom is -0.267 e. The third-order valence-corrected chi connectivity index (χ3v) is 3.24. The number of benzene rings is 2. The van der Waals surface area contributed by atoms with Gasteiger partial charge in [-0.25, -0.2) is 4.39 Å². The summed E-state index contributed by atoms with van der Waals surface area (Å²) in [5, 5.41) is 5.55. The van der Waals surface area contributed by atoms with Gasteiger partial charge in [0.05, 0.1) is 17.0 Å². The fraction of sp³-hybridized carbons (Fsp3) is 0.0588. The summed E-state index contributed by atoms with van der Waals surface area (Å²) in [7, 11) is 0. The summed E-state index contributed by atoms with van der Waals surface area (Å²) in [6.07, 6.45) is 1.81. The Bertz CT molecular complexity index is 733. The van der Waals surface area contributed by atoms with E-state index in [0.717, 1.165) is 5.56 Å². The highest BCUT2D eigenvalue weighted by Crippen LogP contribution is 2.25. The Morgan fingerprint density at radius 3 is 2.38 bits per heavy atom. The molecule has 2 aromatic rings. The van der Waals surface area contributed by atoms with E-state index in [1.807, 2.05) is 36.4 Å². The van der Waals surface area contributed by atoms with Gasteiger partial charge in [-0.15, -0.1) is 0 Å². The Kier molecular flexibility index (Phi) is 3.36. The van der Waals surface area contributed by atoms with Gasteiger partial charge in [0, 0.05) is 0 Å². The van der Waals surface area contributed by atoms with Gasteiger partial charge in [0.25, 0.3) is 5.91 Å². The van der Waals surface area contributed by atoms with Gasteiger partial charge < -0.3 is 0 Å². The molecule has 0 saturated heterocycles. The molecule has 1 heterocycles. The number of carbonyl (C=O) groups excluding carboxylic acids is 1. The maximum atomic E-state index is 13.0. The lowest BCUT2D eigenvalue weighted by molar-refractivity contribution is -0.114. The van der Waals surface area contributed by atoms with E-state index in [1.54, 1.807) is 6.92 Å². The lowest BCUT2D eigenvalue weighted by Crippen LogP contribution is -2.21. The normalized spacial score (nSPS) is 16.5. The molecule has 4 heteroatoms. The van der Waals surface area contributed by atoms with Crippen molar-refractivity contribution in [2.75, 3.05) is 5.01 Å². The number of hydrazone groups is 1. The predicted octanol–water partition coefficient (Wildman–Crippen LogP) is 3.63. The summed E-state index contributed by atoms with van der Waals surface area (Å²) in [6.45, 7) is 1.79. The van der Waals surface area contributed by atoms with Gasteiger partial charge in [-0.1, -0.05) is 30.3 Å². The van der Waals surface area contributed by atoms with Gasteiger partial charge in [-0.3, -0.25) is 4.79 Å². The summed E-state index contributed by atoms with van der Waals surface area (Å²) in [5.74, 6) is -0.547. The molecular weight excluding hydrogens is 267 g/mol. The topological polar surface area (TPSA) is 32.7 Å². The number of hydrogen-bond acceptors (Lipinski definition) is 2. The number of anilines is 1. The zero-order chi connectivity index (χ0) is 14.8. The van der Waals surface area contributed by atoms with Gasteiger partial charge in [-0.2, -0.15) is 10.1 Å². The number of amides is 1. The molecular formula is C17H13FN2O. The summed E-state index contributed by atoms with van der Waals surface area (Å²) >= 11 is 0. The van der Waals surface area contributed by atoms with Gasteiger partial charge in [0.1, 0.15) is 5.82 Å². The molecule has 2 aromatic carbocycles. The Balaban J connectivity index is 1.94. The van der Waals surface area contributed by atoms with Crippen molar-refractivity contribution in [2.45, 2.75) is 6.92 Å². The van der Waals surface area contributed by atoms with Crippen molar-refractivity contribution in [3.05, 3.63) is 71.6 Å². The van der Waals surface area contributed by atoms with Crippen LogP contribution < -0.4 is 5.01 Å². The van der Waals surface area contributed by atoms with Crippen LogP contribution in [0.15, 0.2) is 65.3 Å². The van der Waals surface area contributed by atoms with Crippen molar-refractivity contribution in [3.8, 4) is 0 Å². The largest absolute Gasteiger partial charge is 0.280 e. The minimum absolute atomic E-state index is 0.206. The molecule has 0 atom stereocenters. The van der Waals surface area contributed by atoms with E-state index in [0.29, 0.717) is 17.0 Å². The van der Waals surface area contributed by atoms with Crippen LogP contribution in [0, 0.1) is 5.82 Å². The van der Waals surface area contributed by atoms with Gasteiger partial charge in [0.15, 0.2) is 0 Å². The SMILES string of the molecule is CC1=NN(c2ccc(F)cc2)C(=O)C1=Cc1ccccc1. The Labute approximate surface area is 122 Å². The summed E-state index contributed by atoms with van der Waals surface area (Å²) < 4.78 is 13.0. The monoisotopic (exact) mass is 280 g/mol. The van der Waals surface area contributed by atoms with Crippen molar-refractivity contribution in [2.24, 2.45) is 5.10 Å². The highest BCUT2D eigenvalue weighted by Gasteiger charge is 2.28. The predicted molar refractivity (Wildman–Crippen MR) is 81.4 cm³/mol. The molecule has 0 unspecified atom stereocenters. The second-order valence-electron chi connectivity index (χ2n) is 4.75. The molecule has 0 saturated carbocycles. The van der Waals surface area contributed by atoms with Crippen LogP contribution in [0.2, 0.25) is 0 Å². The van der Waals surface area contributed by atoms with Crippen molar-refractivity contribution in [1.29, 1.82) is 0 Å². The zero-order valence-corrected chi connectivity index (χ0v) is 11.5. The molecule has 0 radical (unpaired) electrons. The maximum Gasteiger partial charge on any atom is 0.280 e. The van der Waals surface area contributed by atoms with E-state index < -0.39 is 0 Å². The molecule has 0 aromatic heterocycles. The molecule has 1 aliphatic rings. The molecule has 0 aliphatic carbocycles.